The molecule has 0 aromatic heterocycles. The summed E-state index contributed by atoms with van der Waals surface area (Å²) in [6.45, 7) is 5.64. The van der Waals surface area contributed by atoms with Crippen molar-refractivity contribution in [3.63, 3.8) is 0 Å². The molecule has 0 radical (unpaired) electrons. The van der Waals surface area contributed by atoms with E-state index in [0.29, 0.717) is 18.7 Å². The SMILES string of the molecule is CCc1ccc(CC(=O)N2CCCC3(CCC(=O)N(CC4CC4)C3)C2)cc1. The molecule has 3 fully saturated rings. The minimum absolute atomic E-state index is 0.128. The van der Waals surface area contributed by atoms with E-state index in [2.05, 4.69) is 41.0 Å². The number of rotatable bonds is 5. The highest BCUT2D eigenvalue weighted by atomic mass is 16.2. The molecule has 2 saturated heterocycles. The predicted octanol–water partition coefficient (Wildman–Crippen LogP) is 3.43. The fourth-order valence-corrected chi connectivity index (χ4v) is 4.81. The maximum atomic E-state index is 12.9. The van der Waals surface area contributed by atoms with Gasteiger partial charge in [-0.2, -0.15) is 0 Å². The van der Waals surface area contributed by atoms with Crippen LogP contribution < -0.4 is 0 Å². The summed E-state index contributed by atoms with van der Waals surface area (Å²) in [4.78, 5) is 29.4. The van der Waals surface area contributed by atoms with Gasteiger partial charge in [-0.15, -0.1) is 0 Å². The van der Waals surface area contributed by atoms with Crippen LogP contribution in [0.15, 0.2) is 24.3 Å². The molecule has 1 spiro atoms. The molecule has 3 aliphatic rings. The Kier molecular flexibility index (Phi) is 5.25. The Morgan fingerprint density at radius 2 is 1.85 bits per heavy atom. The number of piperidine rings is 2. The van der Waals surface area contributed by atoms with Crippen LogP contribution in [0.5, 0.6) is 0 Å². The van der Waals surface area contributed by atoms with Crippen LogP contribution in [0.2, 0.25) is 0 Å². The first kappa shape index (κ1) is 18.5. The number of carbonyl (C=O) groups excluding carboxylic acids is 2. The van der Waals surface area contributed by atoms with Crippen molar-refractivity contribution >= 4 is 11.8 Å². The van der Waals surface area contributed by atoms with E-state index in [1.165, 1.54) is 18.4 Å². The highest BCUT2D eigenvalue weighted by Gasteiger charge is 2.43. The average Bonchev–Trinajstić information content (AvgIpc) is 3.50. The lowest BCUT2D eigenvalue weighted by Gasteiger charge is -2.48. The number of aryl methyl sites for hydroxylation is 1. The Bertz CT molecular complexity index is 695. The van der Waals surface area contributed by atoms with E-state index in [1.54, 1.807) is 0 Å². The van der Waals surface area contributed by atoms with Gasteiger partial charge in [-0.3, -0.25) is 9.59 Å². The van der Waals surface area contributed by atoms with Crippen LogP contribution in [0.3, 0.4) is 0 Å². The first-order valence-corrected chi connectivity index (χ1v) is 10.7. The van der Waals surface area contributed by atoms with Gasteiger partial charge in [0.25, 0.3) is 0 Å². The summed E-state index contributed by atoms with van der Waals surface area (Å²) < 4.78 is 0. The molecule has 27 heavy (non-hydrogen) atoms. The number of hydrogen-bond acceptors (Lipinski definition) is 2. The maximum absolute atomic E-state index is 12.9. The monoisotopic (exact) mass is 368 g/mol. The van der Waals surface area contributed by atoms with Crippen LogP contribution in [0.1, 0.15) is 56.6 Å². The van der Waals surface area contributed by atoms with E-state index in [4.69, 9.17) is 0 Å². The number of hydrogen-bond donors (Lipinski definition) is 0. The van der Waals surface area contributed by atoms with Crippen molar-refractivity contribution in [1.29, 1.82) is 0 Å². The summed E-state index contributed by atoms with van der Waals surface area (Å²) in [5.41, 5.74) is 2.54. The first-order chi connectivity index (χ1) is 13.1. The highest BCUT2D eigenvalue weighted by Crippen LogP contribution is 2.40. The Morgan fingerprint density at radius 3 is 2.56 bits per heavy atom. The van der Waals surface area contributed by atoms with Gasteiger partial charge < -0.3 is 9.80 Å². The summed E-state index contributed by atoms with van der Waals surface area (Å²) in [5, 5.41) is 0. The smallest absolute Gasteiger partial charge is 0.227 e. The van der Waals surface area contributed by atoms with Crippen LogP contribution in [0, 0.1) is 11.3 Å². The second-order valence-corrected chi connectivity index (χ2v) is 8.98. The molecule has 1 saturated carbocycles. The second-order valence-electron chi connectivity index (χ2n) is 8.98. The minimum Gasteiger partial charge on any atom is -0.342 e. The lowest BCUT2D eigenvalue weighted by Crippen LogP contribution is -2.55. The van der Waals surface area contributed by atoms with Gasteiger partial charge in [-0.1, -0.05) is 31.2 Å². The Hall–Kier alpha value is -1.84. The highest BCUT2D eigenvalue weighted by molar-refractivity contribution is 5.79. The van der Waals surface area contributed by atoms with E-state index in [-0.39, 0.29) is 11.3 Å². The number of carbonyl (C=O) groups is 2. The Balaban J connectivity index is 1.39. The van der Waals surface area contributed by atoms with Gasteiger partial charge in [0, 0.05) is 38.0 Å². The zero-order valence-electron chi connectivity index (χ0n) is 16.6. The van der Waals surface area contributed by atoms with Crippen LogP contribution in [0.4, 0.5) is 0 Å². The molecule has 2 aliphatic heterocycles. The molecule has 1 unspecified atom stereocenters. The molecule has 0 N–H and O–H groups in total. The molecule has 2 amide bonds. The van der Waals surface area contributed by atoms with E-state index >= 15 is 0 Å². The molecule has 1 atom stereocenters. The normalized spacial score (nSPS) is 25.9. The third-order valence-corrected chi connectivity index (χ3v) is 6.72. The van der Waals surface area contributed by atoms with E-state index < -0.39 is 0 Å². The molecule has 4 nitrogen and oxygen atoms in total. The van der Waals surface area contributed by atoms with Gasteiger partial charge in [0.15, 0.2) is 0 Å². The fourth-order valence-electron chi connectivity index (χ4n) is 4.81. The lowest BCUT2D eigenvalue weighted by atomic mass is 9.73. The van der Waals surface area contributed by atoms with Gasteiger partial charge in [0.2, 0.25) is 11.8 Å². The Morgan fingerprint density at radius 1 is 1.11 bits per heavy atom. The third-order valence-electron chi connectivity index (χ3n) is 6.72. The van der Waals surface area contributed by atoms with Crippen molar-refractivity contribution in [2.75, 3.05) is 26.2 Å². The van der Waals surface area contributed by atoms with Gasteiger partial charge >= 0.3 is 0 Å². The maximum Gasteiger partial charge on any atom is 0.227 e. The predicted molar refractivity (Wildman–Crippen MR) is 106 cm³/mol. The van der Waals surface area contributed by atoms with Gasteiger partial charge in [0.1, 0.15) is 0 Å². The zero-order valence-corrected chi connectivity index (χ0v) is 16.6. The van der Waals surface area contributed by atoms with E-state index in [9.17, 15) is 9.59 Å². The van der Waals surface area contributed by atoms with Crippen LogP contribution in [0.25, 0.3) is 0 Å². The summed E-state index contributed by atoms with van der Waals surface area (Å²) in [7, 11) is 0. The van der Waals surface area contributed by atoms with Gasteiger partial charge in [0.05, 0.1) is 6.42 Å². The molecule has 4 rings (SSSR count). The van der Waals surface area contributed by atoms with Crippen molar-refractivity contribution < 1.29 is 9.59 Å². The van der Waals surface area contributed by atoms with Crippen molar-refractivity contribution in [1.82, 2.24) is 9.80 Å². The number of benzene rings is 1. The van der Waals surface area contributed by atoms with E-state index in [1.807, 2.05) is 0 Å². The van der Waals surface area contributed by atoms with Gasteiger partial charge in [-0.05, 0) is 55.6 Å². The molecule has 1 aliphatic carbocycles. The second kappa shape index (κ2) is 7.65. The number of amides is 2. The summed E-state index contributed by atoms with van der Waals surface area (Å²) in [6.07, 6.45) is 7.89. The fraction of sp³-hybridized carbons (Fsp3) is 0.652. The van der Waals surface area contributed by atoms with Crippen molar-refractivity contribution in [2.24, 2.45) is 11.3 Å². The van der Waals surface area contributed by atoms with Crippen molar-refractivity contribution in [3.8, 4) is 0 Å². The molecule has 0 bridgehead atoms. The van der Waals surface area contributed by atoms with Crippen molar-refractivity contribution in [2.45, 2.75) is 58.3 Å². The quantitative estimate of drug-likeness (QED) is 0.799. The standard InChI is InChI=1S/C23H32N2O2/c1-2-18-4-6-19(7-5-18)14-22(27)24-13-3-11-23(16-24)12-10-21(26)25(17-23)15-20-8-9-20/h4-7,20H,2-3,8-17H2,1H3. The van der Waals surface area contributed by atoms with Crippen LogP contribution in [-0.2, 0) is 22.4 Å². The number of nitrogens with zero attached hydrogens (tertiary/aromatic N) is 2. The summed E-state index contributed by atoms with van der Waals surface area (Å²) in [5.74, 6) is 1.30. The van der Waals surface area contributed by atoms with Crippen molar-refractivity contribution in [3.05, 3.63) is 35.4 Å². The Labute approximate surface area is 162 Å². The molecular formula is C23H32N2O2. The molecule has 1 aromatic rings. The third kappa shape index (κ3) is 4.36. The molecule has 2 heterocycles. The first-order valence-electron chi connectivity index (χ1n) is 10.7. The van der Waals surface area contributed by atoms with Gasteiger partial charge in [-0.25, -0.2) is 0 Å². The number of likely N-dealkylation sites (tertiary alicyclic amines) is 2. The summed E-state index contributed by atoms with van der Waals surface area (Å²) in [6, 6.07) is 8.44. The largest absolute Gasteiger partial charge is 0.342 e. The minimum atomic E-state index is 0.128. The zero-order chi connectivity index (χ0) is 18.9. The molecular weight excluding hydrogens is 336 g/mol. The van der Waals surface area contributed by atoms with E-state index in [0.717, 1.165) is 63.3 Å². The van der Waals surface area contributed by atoms with Crippen LogP contribution in [-0.4, -0.2) is 47.8 Å². The molecule has 1 aromatic carbocycles. The molecule has 4 heteroatoms. The summed E-state index contributed by atoms with van der Waals surface area (Å²) >= 11 is 0. The molecule has 146 valence electrons. The average molecular weight is 369 g/mol. The topological polar surface area (TPSA) is 40.6 Å². The lowest BCUT2D eigenvalue weighted by molar-refractivity contribution is -0.143. The van der Waals surface area contributed by atoms with Crippen LogP contribution >= 0.6 is 0 Å².